The number of hydrogen-bond donors (Lipinski definition) is 0. The van der Waals surface area contributed by atoms with Crippen LogP contribution in [0.2, 0.25) is 0 Å². The molecule has 0 bridgehead atoms. The van der Waals surface area contributed by atoms with Gasteiger partial charge in [-0.3, -0.25) is 19.3 Å². The number of benzene rings is 1. The molecule has 3 rings (SSSR count). The van der Waals surface area contributed by atoms with Crippen molar-refractivity contribution in [3.63, 3.8) is 0 Å². The number of fused-ring (bicyclic) bond motifs is 1. The number of hydrogen-bond acceptors (Lipinski definition) is 6. The van der Waals surface area contributed by atoms with E-state index < -0.39 is 5.97 Å². The van der Waals surface area contributed by atoms with Gasteiger partial charge in [-0.15, -0.1) is 0 Å². The molecule has 0 radical (unpaired) electrons. The van der Waals surface area contributed by atoms with Gasteiger partial charge in [-0.25, -0.2) is 0 Å². The van der Waals surface area contributed by atoms with Crippen molar-refractivity contribution in [2.45, 2.75) is 13.0 Å². The maximum Gasteiger partial charge on any atom is 0.326 e. The van der Waals surface area contributed by atoms with Gasteiger partial charge in [0, 0.05) is 13.1 Å². The summed E-state index contributed by atoms with van der Waals surface area (Å²) in [7, 11) is 0. The Balaban J connectivity index is 1.54. The van der Waals surface area contributed by atoms with Gasteiger partial charge in [0.1, 0.15) is 12.3 Å². The molecule has 0 N–H and O–H groups in total. The second kappa shape index (κ2) is 7.52. The number of nitrogens with zero attached hydrogens (tertiary/aromatic N) is 2. The standard InChI is InChI=1S/C17H20N2O6/c1-12-8-18(6-7-23-12)15(20)10-25-17(22)9-19-13-4-2-3-5-14(13)24-11-16(19)21/h2-5,12H,6-11H2,1H3. The van der Waals surface area contributed by atoms with Crippen LogP contribution in [-0.2, 0) is 23.9 Å². The number of esters is 1. The van der Waals surface area contributed by atoms with Crippen molar-refractivity contribution in [3.8, 4) is 5.75 Å². The lowest BCUT2D eigenvalue weighted by atomic mass is 10.2. The molecule has 1 aromatic carbocycles. The minimum Gasteiger partial charge on any atom is -0.482 e. The fraction of sp³-hybridized carbons (Fsp3) is 0.471. The molecule has 1 aromatic rings. The van der Waals surface area contributed by atoms with Crippen molar-refractivity contribution in [2.24, 2.45) is 0 Å². The number of morpholine rings is 1. The molecule has 0 spiro atoms. The summed E-state index contributed by atoms with van der Waals surface area (Å²) in [5.41, 5.74) is 0.518. The fourth-order valence-corrected chi connectivity index (χ4v) is 2.78. The van der Waals surface area contributed by atoms with Crippen LogP contribution in [-0.4, -0.2) is 68.2 Å². The molecule has 8 heteroatoms. The molecule has 8 nitrogen and oxygen atoms in total. The van der Waals surface area contributed by atoms with Gasteiger partial charge in [0.05, 0.1) is 18.4 Å². The third-order valence-electron chi connectivity index (χ3n) is 4.05. The SMILES string of the molecule is CC1CN(C(=O)COC(=O)CN2C(=O)COc3ccccc32)CCO1. The Morgan fingerprint density at radius 3 is 2.92 bits per heavy atom. The van der Waals surface area contributed by atoms with E-state index in [0.29, 0.717) is 31.1 Å². The number of carbonyl (C=O) groups is 3. The van der Waals surface area contributed by atoms with Crippen LogP contribution in [0.3, 0.4) is 0 Å². The molecule has 2 aliphatic rings. The molecule has 1 fully saturated rings. The summed E-state index contributed by atoms with van der Waals surface area (Å²) in [5.74, 6) is -0.700. The monoisotopic (exact) mass is 348 g/mol. The third kappa shape index (κ3) is 4.08. The molecule has 0 saturated carbocycles. The number of anilines is 1. The van der Waals surface area contributed by atoms with Crippen molar-refractivity contribution < 1.29 is 28.6 Å². The zero-order valence-corrected chi connectivity index (χ0v) is 14.0. The van der Waals surface area contributed by atoms with E-state index in [0.717, 1.165) is 0 Å². The number of ether oxygens (including phenoxy) is 3. The van der Waals surface area contributed by atoms with Gasteiger partial charge in [0.15, 0.2) is 13.2 Å². The van der Waals surface area contributed by atoms with Crippen LogP contribution in [0.5, 0.6) is 5.75 Å². The molecule has 1 atom stereocenters. The van der Waals surface area contributed by atoms with Gasteiger partial charge < -0.3 is 19.1 Å². The van der Waals surface area contributed by atoms with Gasteiger partial charge in [0.2, 0.25) is 0 Å². The van der Waals surface area contributed by atoms with E-state index in [1.165, 1.54) is 4.90 Å². The average molecular weight is 348 g/mol. The van der Waals surface area contributed by atoms with E-state index in [-0.39, 0.29) is 37.7 Å². The second-order valence-corrected chi connectivity index (χ2v) is 5.92. The topological polar surface area (TPSA) is 85.4 Å². The van der Waals surface area contributed by atoms with Gasteiger partial charge >= 0.3 is 5.97 Å². The largest absolute Gasteiger partial charge is 0.482 e. The summed E-state index contributed by atoms with van der Waals surface area (Å²) < 4.78 is 15.7. The Kier molecular flexibility index (Phi) is 5.18. The van der Waals surface area contributed by atoms with Crippen molar-refractivity contribution in [3.05, 3.63) is 24.3 Å². The second-order valence-electron chi connectivity index (χ2n) is 5.92. The first-order valence-corrected chi connectivity index (χ1v) is 8.12. The van der Waals surface area contributed by atoms with Crippen LogP contribution < -0.4 is 9.64 Å². The zero-order valence-electron chi connectivity index (χ0n) is 14.0. The lowest BCUT2D eigenvalue weighted by molar-refractivity contribution is -0.154. The average Bonchev–Trinajstić information content (AvgIpc) is 2.62. The first-order valence-electron chi connectivity index (χ1n) is 8.12. The number of carbonyl (C=O) groups excluding carboxylic acids is 3. The van der Waals surface area contributed by atoms with Crippen LogP contribution in [0.4, 0.5) is 5.69 Å². The van der Waals surface area contributed by atoms with E-state index in [2.05, 4.69) is 0 Å². The van der Waals surface area contributed by atoms with Crippen LogP contribution in [0, 0.1) is 0 Å². The van der Waals surface area contributed by atoms with Crippen molar-refractivity contribution >= 4 is 23.5 Å². The summed E-state index contributed by atoms with van der Waals surface area (Å²) in [6, 6.07) is 6.96. The molecular weight excluding hydrogens is 328 g/mol. The predicted molar refractivity (Wildman–Crippen MR) is 87.2 cm³/mol. The zero-order chi connectivity index (χ0) is 17.8. The lowest BCUT2D eigenvalue weighted by Crippen LogP contribution is -2.47. The van der Waals surface area contributed by atoms with Gasteiger partial charge in [-0.2, -0.15) is 0 Å². The van der Waals surface area contributed by atoms with E-state index in [9.17, 15) is 14.4 Å². The first kappa shape index (κ1) is 17.2. The van der Waals surface area contributed by atoms with Gasteiger partial charge in [0.25, 0.3) is 11.8 Å². The Morgan fingerprint density at radius 1 is 1.32 bits per heavy atom. The summed E-state index contributed by atoms with van der Waals surface area (Å²) >= 11 is 0. The summed E-state index contributed by atoms with van der Waals surface area (Å²) in [4.78, 5) is 39.1. The summed E-state index contributed by atoms with van der Waals surface area (Å²) in [6.07, 6.45) is -0.0316. The highest BCUT2D eigenvalue weighted by molar-refractivity contribution is 6.01. The molecule has 1 saturated heterocycles. The minimum atomic E-state index is -0.639. The highest BCUT2D eigenvalue weighted by atomic mass is 16.5. The molecule has 2 aliphatic heterocycles. The van der Waals surface area contributed by atoms with Crippen LogP contribution in [0.25, 0.3) is 0 Å². The summed E-state index contributed by atoms with van der Waals surface area (Å²) in [6.45, 7) is 2.58. The van der Waals surface area contributed by atoms with Crippen LogP contribution in [0.15, 0.2) is 24.3 Å². The Morgan fingerprint density at radius 2 is 2.12 bits per heavy atom. The van der Waals surface area contributed by atoms with Crippen molar-refractivity contribution in [1.82, 2.24) is 4.90 Å². The molecule has 2 amide bonds. The number of amides is 2. The molecule has 2 heterocycles. The Labute approximate surface area is 145 Å². The molecular formula is C17H20N2O6. The van der Waals surface area contributed by atoms with Crippen molar-refractivity contribution in [1.29, 1.82) is 0 Å². The molecule has 0 aromatic heterocycles. The van der Waals surface area contributed by atoms with E-state index >= 15 is 0 Å². The van der Waals surface area contributed by atoms with E-state index in [4.69, 9.17) is 14.2 Å². The molecule has 0 aliphatic carbocycles. The van der Waals surface area contributed by atoms with Crippen molar-refractivity contribution in [2.75, 3.05) is 44.4 Å². The maximum absolute atomic E-state index is 12.1. The fourth-order valence-electron chi connectivity index (χ4n) is 2.78. The first-order chi connectivity index (χ1) is 12.0. The summed E-state index contributed by atoms with van der Waals surface area (Å²) in [5, 5.41) is 0. The smallest absolute Gasteiger partial charge is 0.326 e. The predicted octanol–water partition coefficient (Wildman–Crippen LogP) is 0.203. The van der Waals surface area contributed by atoms with Crippen LogP contribution in [0.1, 0.15) is 6.92 Å². The quantitative estimate of drug-likeness (QED) is 0.723. The van der Waals surface area contributed by atoms with Gasteiger partial charge in [-0.05, 0) is 19.1 Å². The third-order valence-corrected chi connectivity index (χ3v) is 4.05. The van der Waals surface area contributed by atoms with E-state index in [1.807, 2.05) is 6.92 Å². The van der Waals surface area contributed by atoms with Gasteiger partial charge in [-0.1, -0.05) is 12.1 Å². The lowest BCUT2D eigenvalue weighted by Gasteiger charge is -2.31. The molecule has 1 unspecified atom stereocenters. The Hall–Kier alpha value is -2.61. The minimum absolute atomic E-state index is 0.0316. The normalized spacial score (nSPS) is 19.9. The van der Waals surface area contributed by atoms with E-state index in [1.54, 1.807) is 29.2 Å². The highest BCUT2D eigenvalue weighted by Crippen LogP contribution is 2.31. The molecule has 134 valence electrons. The molecule has 25 heavy (non-hydrogen) atoms. The number of para-hydroxylation sites is 2. The number of rotatable bonds is 4. The maximum atomic E-state index is 12.1. The van der Waals surface area contributed by atoms with Crippen LogP contribution >= 0.6 is 0 Å². The Bertz CT molecular complexity index is 677. The highest BCUT2D eigenvalue weighted by Gasteiger charge is 2.28.